The molecule has 2 N–H and O–H groups in total. The maximum Gasteiger partial charge on any atom is 0.251 e. The van der Waals surface area contributed by atoms with E-state index in [2.05, 4.69) is 15.7 Å². The smallest absolute Gasteiger partial charge is 0.251 e. The lowest BCUT2D eigenvalue weighted by Gasteiger charge is -2.12. The van der Waals surface area contributed by atoms with Crippen molar-refractivity contribution in [3.05, 3.63) is 63.8 Å². The minimum atomic E-state index is -0.718. The molecule has 2 amide bonds. The number of fused-ring (bicyclic) bond motifs is 1. The zero-order valence-electron chi connectivity index (χ0n) is 15.8. The van der Waals surface area contributed by atoms with E-state index < -0.39 is 6.04 Å². The number of benzene rings is 2. The Balaban J connectivity index is 1.59. The fourth-order valence-electron chi connectivity index (χ4n) is 3.46. The number of rotatable bonds is 4. The second-order valence-corrected chi connectivity index (χ2v) is 7.77. The molecule has 2 heterocycles. The summed E-state index contributed by atoms with van der Waals surface area (Å²) in [6.07, 6.45) is -0.0357. The van der Waals surface area contributed by atoms with Crippen LogP contribution in [0.15, 0.2) is 42.5 Å². The molecule has 0 aliphatic carbocycles. The Morgan fingerprint density at radius 2 is 1.90 bits per heavy atom. The van der Waals surface area contributed by atoms with Crippen molar-refractivity contribution in [1.29, 1.82) is 0 Å². The first-order chi connectivity index (χ1) is 13.8. The van der Waals surface area contributed by atoms with Crippen molar-refractivity contribution >= 4 is 46.5 Å². The highest BCUT2D eigenvalue weighted by atomic mass is 35.5. The molecule has 0 fully saturated rings. The highest BCUT2D eigenvalue weighted by Gasteiger charge is 2.36. The van der Waals surface area contributed by atoms with Gasteiger partial charge in [0.25, 0.3) is 5.91 Å². The number of hydrogen-bond donors (Lipinski definition) is 2. The van der Waals surface area contributed by atoms with Crippen molar-refractivity contribution in [3.63, 3.8) is 0 Å². The number of nitrogens with zero attached hydrogens (tertiary/aromatic N) is 2. The minimum Gasteiger partial charge on any atom is -0.326 e. The summed E-state index contributed by atoms with van der Waals surface area (Å²) in [5.41, 5.74) is 3.88. The molecule has 3 aromatic rings. The molecule has 1 aliphatic heterocycles. The van der Waals surface area contributed by atoms with Gasteiger partial charge in [-0.3, -0.25) is 9.59 Å². The third-order valence-corrected chi connectivity index (χ3v) is 5.64. The largest absolute Gasteiger partial charge is 0.326 e. The first-order valence-corrected chi connectivity index (χ1v) is 9.81. The van der Waals surface area contributed by atoms with E-state index in [-0.39, 0.29) is 18.2 Å². The van der Waals surface area contributed by atoms with Crippen LogP contribution in [0.2, 0.25) is 10.0 Å². The van der Waals surface area contributed by atoms with E-state index in [4.69, 9.17) is 23.2 Å². The molecule has 0 radical (unpaired) electrons. The van der Waals surface area contributed by atoms with E-state index in [1.54, 1.807) is 35.0 Å². The monoisotopic (exact) mass is 428 g/mol. The molecule has 0 spiro atoms. The number of anilines is 2. The van der Waals surface area contributed by atoms with Gasteiger partial charge in [0.1, 0.15) is 11.9 Å². The van der Waals surface area contributed by atoms with E-state index in [0.29, 0.717) is 21.6 Å². The van der Waals surface area contributed by atoms with Crippen molar-refractivity contribution in [3.8, 4) is 11.1 Å². The maximum atomic E-state index is 12.6. The van der Waals surface area contributed by atoms with Crippen molar-refractivity contribution in [2.45, 2.75) is 26.3 Å². The SMILES string of the molecule is Cc1nn2c(c1-c1ccc(Cl)cc1)NC(=O)C2CC(=O)Nc1cccc(Cl)c1C. The third-order valence-electron chi connectivity index (χ3n) is 4.98. The van der Waals surface area contributed by atoms with Gasteiger partial charge in [0.15, 0.2) is 0 Å². The Morgan fingerprint density at radius 1 is 1.17 bits per heavy atom. The van der Waals surface area contributed by atoms with Crippen LogP contribution in [-0.4, -0.2) is 21.6 Å². The molecular weight excluding hydrogens is 411 g/mol. The zero-order chi connectivity index (χ0) is 20.7. The van der Waals surface area contributed by atoms with Crippen LogP contribution in [0.4, 0.5) is 11.5 Å². The number of amides is 2. The van der Waals surface area contributed by atoms with Crippen LogP contribution in [0.5, 0.6) is 0 Å². The molecular formula is C21H18Cl2N4O2. The molecule has 0 saturated carbocycles. The summed E-state index contributed by atoms with van der Waals surface area (Å²) in [4.78, 5) is 25.2. The molecule has 4 rings (SSSR count). The Kier molecular flexibility index (Phi) is 5.06. The molecule has 2 aromatic carbocycles. The number of hydrogen-bond acceptors (Lipinski definition) is 3. The number of nitrogens with one attached hydrogen (secondary N) is 2. The predicted molar refractivity (Wildman–Crippen MR) is 115 cm³/mol. The summed E-state index contributed by atoms with van der Waals surface area (Å²) in [5.74, 6) is 0.0387. The Bertz CT molecular complexity index is 1120. The van der Waals surface area contributed by atoms with Gasteiger partial charge < -0.3 is 10.6 Å². The molecule has 0 bridgehead atoms. The molecule has 6 nitrogen and oxygen atoms in total. The second kappa shape index (κ2) is 7.54. The number of aryl methyl sites for hydroxylation is 1. The number of halogens is 2. The molecule has 1 aliphatic rings. The van der Waals surface area contributed by atoms with Gasteiger partial charge in [-0.25, -0.2) is 4.68 Å². The van der Waals surface area contributed by atoms with Gasteiger partial charge in [0, 0.05) is 21.3 Å². The highest BCUT2D eigenvalue weighted by Crippen LogP contribution is 2.38. The fourth-order valence-corrected chi connectivity index (χ4v) is 3.77. The topological polar surface area (TPSA) is 76.0 Å². The first-order valence-electron chi connectivity index (χ1n) is 9.06. The van der Waals surface area contributed by atoms with E-state index >= 15 is 0 Å². The van der Waals surface area contributed by atoms with Crippen molar-refractivity contribution < 1.29 is 9.59 Å². The Morgan fingerprint density at radius 3 is 2.62 bits per heavy atom. The Labute approximate surface area is 177 Å². The summed E-state index contributed by atoms with van der Waals surface area (Å²) in [7, 11) is 0. The van der Waals surface area contributed by atoms with Crippen LogP contribution >= 0.6 is 23.2 Å². The average Bonchev–Trinajstić information content (AvgIpc) is 3.14. The molecule has 148 valence electrons. The zero-order valence-corrected chi connectivity index (χ0v) is 17.3. The van der Waals surface area contributed by atoms with Crippen LogP contribution in [0, 0.1) is 13.8 Å². The van der Waals surface area contributed by atoms with Crippen LogP contribution in [-0.2, 0) is 9.59 Å². The molecule has 1 unspecified atom stereocenters. The quantitative estimate of drug-likeness (QED) is 0.613. The van der Waals surface area contributed by atoms with Gasteiger partial charge in [0.05, 0.1) is 12.1 Å². The molecule has 1 aromatic heterocycles. The van der Waals surface area contributed by atoms with Crippen LogP contribution < -0.4 is 10.6 Å². The predicted octanol–water partition coefficient (Wildman–Crippen LogP) is 5.00. The Hall–Kier alpha value is -2.83. The van der Waals surface area contributed by atoms with E-state index in [1.807, 2.05) is 26.0 Å². The summed E-state index contributed by atoms with van der Waals surface area (Å²) in [5, 5.41) is 11.4. The van der Waals surface area contributed by atoms with E-state index in [0.717, 1.165) is 22.4 Å². The lowest BCUT2D eigenvalue weighted by molar-refractivity contribution is -0.123. The van der Waals surface area contributed by atoms with Crippen molar-refractivity contribution in [2.75, 3.05) is 10.6 Å². The summed E-state index contributed by atoms with van der Waals surface area (Å²) in [6.45, 7) is 3.70. The summed E-state index contributed by atoms with van der Waals surface area (Å²) >= 11 is 12.1. The van der Waals surface area contributed by atoms with Gasteiger partial charge in [-0.15, -0.1) is 0 Å². The van der Waals surface area contributed by atoms with Crippen LogP contribution in [0.3, 0.4) is 0 Å². The van der Waals surface area contributed by atoms with Gasteiger partial charge in [-0.1, -0.05) is 41.4 Å². The maximum absolute atomic E-state index is 12.6. The van der Waals surface area contributed by atoms with Gasteiger partial charge >= 0.3 is 0 Å². The molecule has 0 saturated heterocycles. The van der Waals surface area contributed by atoms with E-state index in [1.165, 1.54) is 0 Å². The highest BCUT2D eigenvalue weighted by molar-refractivity contribution is 6.31. The number of aromatic nitrogens is 2. The summed E-state index contributed by atoms with van der Waals surface area (Å²) in [6, 6.07) is 11.9. The first kappa shape index (κ1) is 19.5. The van der Waals surface area contributed by atoms with Gasteiger partial charge in [-0.2, -0.15) is 5.10 Å². The molecule has 1 atom stereocenters. The number of carbonyl (C=O) groups is 2. The lowest BCUT2D eigenvalue weighted by Crippen LogP contribution is -2.24. The lowest BCUT2D eigenvalue weighted by atomic mass is 10.1. The van der Waals surface area contributed by atoms with Gasteiger partial charge in [0.2, 0.25) is 5.91 Å². The van der Waals surface area contributed by atoms with Crippen molar-refractivity contribution in [1.82, 2.24) is 9.78 Å². The summed E-state index contributed by atoms with van der Waals surface area (Å²) < 4.78 is 1.59. The van der Waals surface area contributed by atoms with Crippen molar-refractivity contribution in [2.24, 2.45) is 0 Å². The molecule has 8 heteroatoms. The molecule has 29 heavy (non-hydrogen) atoms. The van der Waals surface area contributed by atoms with E-state index in [9.17, 15) is 9.59 Å². The standard InChI is InChI=1S/C21H18Cl2N4O2/c1-11-15(23)4-3-5-16(11)24-18(28)10-17-21(29)25-20-19(12(2)26-27(17)20)13-6-8-14(22)9-7-13/h3-9,17H,10H2,1-2H3,(H,24,28)(H,25,29). The number of carbonyl (C=O) groups excluding carboxylic acids is 2. The van der Waals surface area contributed by atoms with Crippen LogP contribution in [0.1, 0.15) is 23.7 Å². The fraction of sp³-hybridized carbons (Fsp3) is 0.190. The van der Waals surface area contributed by atoms with Gasteiger partial charge in [-0.05, 0) is 49.2 Å². The average molecular weight is 429 g/mol. The normalized spacial score (nSPS) is 15.2. The third kappa shape index (κ3) is 3.61. The second-order valence-electron chi connectivity index (χ2n) is 6.93. The van der Waals surface area contributed by atoms with Crippen LogP contribution in [0.25, 0.3) is 11.1 Å². The minimum absolute atomic E-state index is 0.0357.